The van der Waals surface area contributed by atoms with E-state index in [-0.39, 0.29) is 12.6 Å². The molecule has 1 saturated heterocycles. The molecule has 0 aliphatic carbocycles. The van der Waals surface area contributed by atoms with Crippen molar-refractivity contribution in [1.29, 1.82) is 0 Å². The first-order valence-electron chi connectivity index (χ1n) is 8.39. The molecular weight excluding hydrogens is 337 g/mol. The minimum absolute atomic E-state index is 0.0929. The molecule has 0 amide bonds. The third-order valence-corrected chi connectivity index (χ3v) is 3.82. The predicted octanol–water partition coefficient (Wildman–Crippen LogP) is 1.65. The molecular formula is C16H25F3N4O2. The van der Waals surface area contributed by atoms with Gasteiger partial charge in [-0.15, -0.1) is 0 Å². The summed E-state index contributed by atoms with van der Waals surface area (Å²) >= 11 is 0. The van der Waals surface area contributed by atoms with Crippen molar-refractivity contribution in [3.63, 3.8) is 0 Å². The van der Waals surface area contributed by atoms with Crippen LogP contribution in [0.2, 0.25) is 0 Å². The summed E-state index contributed by atoms with van der Waals surface area (Å²) in [6.45, 7) is 7.74. The van der Waals surface area contributed by atoms with Crippen molar-refractivity contribution in [3.8, 4) is 0 Å². The molecule has 25 heavy (non-hydrogen) atoms. The summed E-state index contributed by atoms with van der Waals surface area (Å²) in [6, 6.07) is 0.868. The molecule has 1 fully saturated rings. The van der Waals surface area contributed by atoms with Crippen LogP contribution in [-0.2, 0) is 10.9 Å². The number of piperazine rings is 1. The van der Waals surface area contributed by atoms with Gasteiger partial charge in [0.05, 0.1) is 12.7 Å². The lowest BCUT2D eigenvalue weighted by molar-refractivity contribution is -0.141. The molecule has 0 radical (unpaired) electrons. The average molecular weight is 362 g/mol. The number of β-amino-alcohol motifs (C(OH)–C–C–N with tert-alkyl or cyclic N) is 1. The molecule has 6 nitrogen and oxygen atoms in total. The van der Waals surface area contributed by atoms with Gasteiger partial charge in [0, 0.05) is 45.5 Å². The lowest BCUT2D eigenvalue weighted by atomic mass is 10.2. The predicted molar refractivity (Wildman–Crippen MR) is 87.4 cm³/mol. The molecule has 0 aromatic carbocycles. The highest BCUT2D eigenvalue weighted by Gasteiger charge is 2.33. The second-order valence-corrected chi connectivity index (χ2v) is 6.61. The van der Waals surface area contributed by atoms with Crippen molar-refractivity contribution in [3.05, 3.63) is 18.0 Å². The third kappa shape index (κ3) is 6.41. The van der Waals surface area contributed by atoms with Gasteiger partial charge in [-0.25, -0.2) is 9.97 Å². The van der Waals surface area contributed by atoms with E-state index >= 15 is 0 Å². The second-order valence-electron chi connectivity index (χ2n) is 6.61. The van der Waals surface area contributed by atoms with Crippen LogP contribution in [0.3, 0.4) is 0 Å². The summed E-state index contributed by atoms with van der Waals surface area (Å²) in [7, 11) is 0. The molecule has 1 aromatic rings. The van der Waals surface area contributed by atoms with Gasteiger partial charge in [-0.05, 0) is 12.0 Å². The number of aliphatic hydroxyl groups excluding tert-OH is 1. The maximum Gasteiger partial charge on any atom is 0.433 e. The van der Waals surface area contributed by atoms with Crippen molar-refractivity contribution in [1.82, 2.24) is 14.9 Å². The molecule has 9 heteroatoms. The van der Waals surface area contributed by atoms with E-state index in [1.807, 2.05) is 13.8 Å². The van der Waals surface area contributed by atoms with E-state index in [0.29, 0.717) is 45.2 Å². The number of hydrogen-bond donors (Lipinski definition) is 1. The van der Waals surface area contributed by atoms with Crippen LogP contribution < -0.4 is 4.90 Å². The van der Waals surface area contributed by atoms with E-state index in [0.717, 1.165) is 12.3 Å². The Morgan fingerprint density at radius 1 is 1.20 bits per heavy atom. The van der Waals surface area contributed by atoms with Gasteiger partial charge in [-0.1, -0.05) is 13.8 Å². The summed E-state index contributed by atoms with van der Waals surface area (Å²) in [5.74, 6) is 0.512. The molecule has 2 rings (SSSR count). The number of ether oxygens (including phenoxy) is 1. The Kier molecular flexibility index (Phi) is 6.97. The van der Waals surface area contributed by atoms with Crippen molar-refractivity contribution >= 4 is 5.95 Å². The summed E-state index contributed by atoms with van der Waals surface area (Å²) in [5, 5.41) is 9.99. The zero-order chi connectivity index (χ0) is 18.4. The molecule has 1 aliphatic heterocycles. The Morgan fingerprint density at radius 3 is 2.48 bits per heavy atom. The number of alkyl halides is 3. The summed E-state index contributed by atoms with van der Waals surface area (Å²) < 4.78 is 43.6. The largest absolute Gasteiger partial charge is 0.433 e. The van der Waals surface area contributed by atoms with E-state index in [9.17, 15) is 18.3 Å². The Bertz CT molecular complexity index is 534. The van der Waals surface area contributed by atoms with Crippen LogP contribution in [0.5, 0.6) is 0 Å². The van der Waals surface area contributed by atoms with Crippen LogP contribution in [0.15, 0.2) is 12.3 Å². The van der Waals surface area contributed by atoms with Gasteiger partial charge in [0.1, 0.15) is 5.69 Å². The van der Waals surface area contributed by atoms with Crippen LogP contribution >= 0.6 is 0 Å². The number of rotatable bonds is 7. The maximum atomic E-state index is 12.7. The molecule has 142 valence electrons. The molecule has 2 heterocycles. The number of anilines is 1. The van der Waals surface area contributed by atoms with Crippen LogP contribution in [0.25, 0.3) is 0 Å². The SMILES string of the molecule is CC(C)COCC(O)CN1CCN(c2nccc(C(F)(F)F)n2)CC1. The average Bonchev–Trinajstić information content (AvgIpc) is 2.54. The summed E-state index contributed by atoms with van der Waals surface area (Å²) in [6.07, 6.45) is -3.91. The van der Waals surface area contributed by atoms with Gasteiger partial charge in [-0.3, -0.25) is 4.90 Å². The second kappa shape index (κ2) is 8.77. The fraction of sp³-hybridized carbons (Fsp3) is 0.750. The highest BCUT2D eigenvalue weighted by atomic mass is 19.4. The zero-order valence-electron chi connectivity index (χ0n) is 14.5. The maximum absolute atomic E-state index is 12.7. The quantitative estimate of drug-likeness (QED) is 0.796. The van der Waals surface area contributed by atoms with Crippen molar-refractivity contribution in [2.75, 3.05) is 50.8 Å². The zero-order valence-corrected chi connectivity index (χ0v) is 14.5. The van der Waals surface area contributed by atoms with Crippen LogP contribution in [0.4, 0.5) is 19.1 Å². The van der Waals surface area contributed by atoms with E-state index < -0.39 is 18.0 Å². The van der Waals surface area contributed by atoms with E-state index in [1.54, 1.807) is 4.90 Å². The minimum Gasteiger partial charge on any atom is -0.389 e. The molecule has 1 atom stereocenters. The first-order valence-corrected chi connectivity index (χ1v) is 8.39. The highest BCUT2D eigenvalue weighted by molar-refractivity contribution is 5.31. The summed E-state index contributed by atoms with van der Waals surface area (Å²) in [4.78, 5) is 11.4. The summed E-state index contributed by atoms with van der Waals surface area (Å²) in [5.41, 5.74) is -0.933. The number of nitrogens with zero attached hydrogens (tertiary/aromatic N) is 4. The number of hydrogen-bond acceptors (Lipinski definition) is 6. The lowest BCUT2D eigenvalue weighted by Crippen LogP contribution is -2.49. The Morgan fingerprint density at radius 2 is 1.88 bits per heavy atom. The van der Waals surface area contributed by atoms with Crippen LogP contribution in [-0.4, -0.2) is 72.0 Å². The topological polar surface area (TPSA) is 61.7 Å². The van der Waals surface area contributed by atoms with Gasteiger partial charge in [-0.2, -0.15) is 13.2 Å². The molecule has 1 N–H and O–H groups in total. The van der Waals surface area contributed by atoms with Gasteiger partial charge in [0.25, 0.3) is 0 Å². The van der Waals surface area contributed by atoms with Gasteiger partial charge >= 0.3 is 6.18 Å². The number of halogens is 3. The fourth-order valence-corrected chi connectivity index (χ4v) is 2.58. The molecule has 0 spiro atoms. The number of aliphatic hydroxyl groups is 1. The number of aromatic nitrogens is 2. The minimum atomic E-state index is -4.47. The lowest BCUT2D eigenvalue weighted by Gasteiger charge is -2.35. The fourth-order valence-electron chi connectivity index (χ4n) is 2.58. The third-order valence-electron chi connectivity index (χ3n) is 3.82. The molecule has 1 unspecified atom stereocenters. The Labute approximate surface area is 145 Å². The first-order chi connectivity index (χ1) is 11.8. The normalized spacial score (nSPS) is 18.0. The monoisotopic (exact) mass is 362 g/mol. The van der Waals surface area contributed by atoms with Crippen molar-refractivity contribution in [2.24, 2.45) is 5.92 Å². The Hall–Kier alpha value is -1.45. The van der Waals surface area contributed by atoms with E-state index in [1.165, 1.54) is 0 Å². The molecule has 1 aliphatic rings. The van der Waals surface area contributed by atoms with Crippen molar-refractivity contribution in [2.45, 2.75) is 26.1 Å². The smallest absolute Gasteiger partial charge is 0.389 e. The van der Waals surface area contributed by atoms with Crippen molar-refractivity contribution < 1.29 is 23.0 Å². The van der Waals surface area contributed by atoms with Crippen LogP contribution in [0, 0.1) is 5.92 Å². The highest BCUT2D eigenvalue weighted by Crippen LogP contribution is 2.28. The standard InChI is InChI=1S/C16H25F3N4O2/c1-12(2)10-25-11-13(24)9-22-5-7-23(8-6-22)15-20-4-3-14(21-15)16(17,18)19/h3-4,12-13,24H,5-11H2,1-2H3. The van der Waals surface area contributed by atoms with Gasteiger partial charge in [0.2, 0.25) is 5.95 Å². The molecule has 1 aromatic heterocycles. The van der Waals surface area contributed by atoms with Gasteiger partial charge < -0.3 is 14.7 Å². The Balaban J connectivity index is 1.80. The van der Waals surface area contributed by atoms with E-state index in [4.69, 9.17) is 4.74 Å². The van der Waals surface area contributed by atoms with Crippen LogP contribution in [0.1, 0.15) is 19.5 Å². The first kappa shape index (κ1) is 19.9. The van der Waals surface area contributed by atoms with Gasteiger partial charge in [0.15, 0.2) is 0 Å². The molecule has 0 bridgehead atoms. The molecule has 0 saturated carbocycles. The van der Waals surface area contributed by atoms with E-state index in [2.05, 4.69) is 14.9 Å².